The van der Waals surface area contributed by atoms with Crippen LogP contribution in [0.3, 0.4) is 0 Å². The van der Waals surface area contributed by atoms with Crippen LogP contribution >= 0.6 is 27.7 Å². The molecule has 0 atom stereocenters. The maximum Gasteiger partial charge on any atom is 0.293 e. The molecule has 0 aromatic heterocycles. The standard InChI is InChI=1S/C14H12BrNO4S/c1-2-3-16-13(17)12(21-14(16)18)5-8-4-10-11(6-9(8)15)20-7-19-10/h4-6H,2-3,7H2,1H3/b12-5-. The summed E-state index contributed by atoms with van der Waals surface area (Å²) in [5.41, 5.74) is 0.779. The third-order valence-corrected chi connectivity index (χ3v) is 4.69. The Hall–Kier alpha value is -1.47. The van der Waals surface area contributed by atoms with Gasteiger partial charge in [-0.1, -0.05) is 22.9 Å². The Balaban J connectivity index is 1.92. The van der Waals surface area contributed by atoms with E-state index in [9.17, 15) is 9.59 Å². The minimum absolute atomic E-state index is 0.193. The first-order valence-electron chi connectivity index (χ1n) is 6.44. The highest BCUT2D eigenvalue weighted by Gasteiger charge is 2.34. The predicted octanol–water partition coefficient (Wildman–Crippen LogP) is 3.62. The number of halogens is 1. The van der Waals surface area contributed by atoms with Crippen molar-refractivity contribution < 1.29 is 19.1 Å². The smallest absolute Gasteiger partial charge is 0.293 e. The summed E-state index contributed by atoms with van der Waals surface area (Å²) in [6.07, 6.45) is 2.45. The van der Waals surface area contributed by atoms with E-state index in [4.69, 9.17) is 9.47 Å². The van der Waals surface area contributed by atoms with Gasteiger partial charge in [-0.05, 0) is 42.0 Å². The highest BCUT2D eigenvalue weighted by atomic mass is 79.9. The third-order valence-electron chi connectivity index (χ3n) is 3.10. The van der Waals surface area contributed by atoms with Gasteiger partial charge in [0.2, 0.25) is 6.79 Å². The Morgan fingerprint density at radius 1 is 1.33 bits per heavy atom. The molecule has 5 nitrogen and oxygen atoms in total. The Morgan fingerprint density at radius 2 is 2.05 bits per heavy atom. The van der Waals surface area contributed by atoms with Crippen LogP contribution in [0.15, 0.2) is 21.5 Å². The van der Waals surface area contributed by atoms with Crippen molar-refractivity contribution in [3.63, 3.8) is 0 Å². The van der Waals surface area contributed by atoms with Crippen LogP contribution < -0.4 is 9.47 Å². The van der Waals surface area contributed by atoms with Gasteiger partial charge in [0.25, 0.3) is 11.1 Å². The summed E-state index contributed by atoms with van der Waals surface area (Å²) in [5.74, 6) is 1.06. The lowest BCUT2D eigenvalue weighted by Gasteiger charge is -2.09. The van der Waals surface area contributed by atoms with Gasteiger partial charge in [-0.2, -0.15) is 0 Å². The van der Waals surface area contributed by atoms with Crippen molar-refractivity contribution in [2.45, 2.75) is 13.3 Å². The second-order valence-electron chi connectivity index (χ2n) is 4.56. The first-order valence-corrected chi connectivity index (χ1v) is 8.05. The molecule has 2 amide bonds. The molecule has 7 heteroatoms. The molecule has 2 aliphatic rings. The number of thioether (sulfide) groups is 1. The third kappa shape index (κ3) is 2.67. The van der Waals surface area contributed by atoms with E-state index in [1.54, 1.807) is 18.2 Å². The lowest BCUT2D eigenvalue weighted by atomic mass is 10.2. The largest absolute Gasteiger partial charge is 0.454 e. The Kier molecular flexibility index (Phi) is 3.95. The predicted molar refractivity (Wildman–Crippen MR) is 83.2 cm³/mol. The lowest BCUT2D eigenvalue weighted by Crippen LogP contribution is -2.28. The van der Waals surface area contributed by atoms with E-state index in [1.165, 1.54) is 4.90 Å². The van der Waals surface area contributed by atoms with Gasteiger partial charge >= 0.3 is 0 Å². The summed E-state index contributed by atoms with van der Waals surface area (Å²) in [6.45, 7) is 2.57. The maximum atomic E-state index is 12.2. The molecular weight excluding hydrogens is 358 g/mol. The Labute approximate surface area is 134 Å². The minimum atomic E-state index is -0.239. The fraction of sp³-hybridized carbons (Fsp3) is 0.286. The van der Waals surface area contributed by atoms with E-state index in [1.807, 2.05) is 6.92 Å². The number of nitrogens with zero attached hydrogens (tertiary/aromatic N) is 1. The highest BCUT2D eigenvalue weighted by Crippen LogP contribution is 2.39. The average Bonchev–Trinajstić information content (AvgIpc) is 2.99. The van der Waals surface area contributed by atoms with E-state index in [-0.39, 0.29) is 17.9 Å². The number of carbonyl (C=O) groups excluding carboxylic acids is 2. The molecule has 2 heterocycles. The molecule has 2 aliphatic heterocycles. The summed E-state index contributed by atoms with van der Waals surface area (Å²) in [5, 5.41) is -0.218. The summed E-state index contributed by atoms with van der Waals surface area (Å²) in [7, 11) is 0. The van der Waals surface area contributed by atoms with Gasteiger partial charge in [-0.15, -0.1) is 0 Å². The summed E-state index contributed by atoms with van der Waals surface area (Å²) < 4.78 is 11.4. The van der Waals surface area contributed by atoms with Gasteiger partial charge in [0.05, 0.1) is 4.91 Å². The lowest BCUT2D eigenvalue weighted by molar-refractivity contribution is -0.122. The second-order valence-corrected chi connectivity index (χ2v) is 6.41. The van der Waals surface area contributed by atoms with Crippen molar-refractivity contribution in [3.8, 4) is 11.5 Å². The number of hydrogen-bond donors (Lipinski definition) is 0. The molecule has 0 N–H and O–H groups in total. The molecule has 110 valence electrons. The van der Waals surface area contributed by atoms with Crippen molar-refractivity contribution in [1.82, 2.24) is 4.90 Å². The van der Waals surface area contributed by atoms with Crippen molar-refractivity contribution in [1.29, 1.82) is 0 Å². The van der Waals surface area contributed by atoms with Crippen LogP contribution in [0.4, 0.5) is 4.79 Å². The van der Waals surface area contributed by atoms with Crippen molar-refractivity contribution in [2.24, 2.45) is 0 Å². The van der Waals surface area contributed by atoms with Crippen molar-refractivity contribution in [3.05, 3.63) is 27.1 Å². The van der Waals surface area contributed by atoms with Gasteiger partial charge in [0.1, 0.15) is 0 Å². The highest BCUT2D eigenvalue weighted by molar-refractivity contribution is 9.10. The van der Waals surface area contributed by atoms with Crippen LogP contribution in [0.1, 0.15) is 18.9 Å². The van der Waals surface area contributed by atoms with E-state index >= 15 is 0 Å². The van der Waals surface area contributed by atoms with Gasteiger partial charge in [0, 0.05) is 11.0 Å². The minimum Gasteiger partial charge on any atom is -0.454 e. The average molecular weight is 370 g/mol. The molecule has 1 aromatic carbocycles. The normalized spacial score (nSPS) is 19.0. The first kappa shape index (κ1) is 14.5. The number of benzene rings is 1. The van der Waals surface area contributed by atoms with Crippen LogP contribution in [0, 0.1) is 0 Å². The van der Waals surface area contributed by atoms with Gasteiger partial charge in [-0.3, -0.25) is 14.5 Å². The van der Waals surface area contributed by atoms with Crippen molar-refractivity contribution in [2.75, 3.05) is 13.3 Å². The number of rotatable bonds is 3. The molecule has 0 radical (unpaired) electrons. The monoisotopic (exact) mass is 369 g/mol. The fourth-order valence-corrected chi connectivity index (χ4v) is 3.39. The van der Waals surface area contributed by atoms with Crippen LogP contribution in [0.5, 0.6) is 11.5 Å². The van der Waals surface area contributed by atoms with Crippen LogP contribution in [-0.2, 0) is 4.79 Å². The van der Waals surface area contributed by atoms with Gasteiger partial charge in [-0.25, -0.2) is 0 Å². The molecule has 1 saturated heterocycles. The molecule has 1 fully saturated rings. The van der Waals surface area contributed by atoms with Crippen LogP contribution in [-0.4, -0.2) is 29.4 Å². The van der Waals surface area contributed by atoms with Crippen LogP contribution in [0.25, 0.3) is 6.08 Å². The molecule has 0 spiro atoms. The number of amides is 2. The zero-order valence-corrected chi connectivity index (χ0v) is 13.6. The zero-order chi connectivity index (χ0) is 15.0. The number of ether oxygens (including phenoxy) is 2. The molecule has 3 rings (SSSR count). The Bertz CT molecular complexity index is 659. The fourth-order valence-electron chi connectivity index (χ4n) is 2.10. The quantitative estimate of drug-likeness (QED) is 0.761. The molecule has 0 saturated carbocycles. The molecule has 1 aromatic rings. The summed E-state index contributed by atoms with van der Waals surface area (Å²) >= 11 is 4.40. The summed E-state index contributed by atoms with van der Waals surface area (Å²) in [6, 6.07) is 3.59. The van der Waals surface area contributed by atoms with Crippen LogP contribution in [0.2, 0.25) is 0 Å². The molecule has 0 bridgehead atoms. The van der Waals surface area contributed by atoms with E-state index in [0.717, 1.165) is 28.2 Å². The number of hydrogen-bond acceptors (Lipinski definition) is 5. The topological polar surface area (TPSA) is 55.8 Å². The summed E-state index contributed by atoms with van der Waals surface area (Å²) in [4.78, 5) is 25.7. The van der Waals surface area contributed by atoms with E-state index in [0.29, 0.717) is 22.9 Å². The second kappa shape index (κ2) is 5.73. The molecule has 0 aliphatic carbocycles. The van der Waals surface area contributed by atoms with Gasteiger partial charge in [0.15, 0.2) is 11.5 Å². The first-order chi connectivity index (χ1) is 10.1. The zero-order valence-electron chi connectivity index (χ0n) is 11.2. The van der Waals surface area contributed by atoms with E-state index in [2.05, 4.69) is 15.9 Å². The maximum absolute atomic E-state index is 12.2. The molecule has 21 heavy (non-hydrogen) atoms. The van der Waals surface area contributed by atoms with Gasteiger partial charge < -0.3 is 9.47 Å². The number of imide groups is 1. The van der Waals surface area contributed by atoms with E-state index < -0.39 is 0 Å². The SMILES string of the molecule is CCCN1C(=O)S/C(=C\c2cc3c(cc2Br)OCO3)C1=O. The number of carbonyl (C=O) groups is 2. The number of fused-ring (bicyclic) bond motifs is 1. The molecular formula is C14H12BrNO4S. The molecule has 0 unspecified atom stereocenters. The van der Waals surface area contributed by atoms with Crippen molar-refractivity contribution >= 4 is 44.9 Å². The Morgan fingerprint density at radius 3 is 2.76 bits per heavy atom.